The average Bonchev–Trinajstić information content (AvgIpc) is 2.18. The lowest BCUT2D eigenvalue weighted by molar-refractivity contribution is -0.147. The zero-order valence-corrected chi connectivity index (χ0v) is 8.97. The summed E-state index contributed by atoms with van der Waals surface area (Å²) in [6.45, 7) is 3.34. The molecule has 0 bridgehead atoms. The smallest absolute Gasteiger partial charge is 0.309 e. The summed E-state index contributed by atoms with van der Waals surface area (Å²) in [6, 6.07) is 3.36. The molecule has 0 saturated heterocycles. The highest BCUT2D eigenvalue weighted by atomic mass is 16.4. The number of hydrogen-bond donors (Lipinski definition) is 2. The molecule has 1 unspecified atom stereocenters. The highest BCUT2D eigenvalue weighted by Gasteiger charge is 2.29. The lowest BCUT2D eigenvalue weighted by Gasteiger charge is -2.23. The molecule has 0 aromatic carbocycles. The molecule has 1 aromatic rings. The van der Waals surface area contributed by atoms with Crippen LogP contribution in [0.2, 0.25) is 0 Å². The van der Waals surface area contributed by atoms with E-state index in [2.05, 4.69) is 4.98 Å². The largest absolute Gasteiger partial charge is 0.481 e. The molecule has 15 heavy (non-hydrogen) atoms. The van der Waals surface area contributed by atoms with Crippen LogP contribution in [0.15, 0.2) is 24.5 Å². The second-order valence-electron chi connectivity index (χ2n) is 4.29. The Morgan fingerprint density at radius 3 is 2.80 bits per heavy atom. The summed E-state index contributed by atoms with van der Waals surface area (Å²) < 4.78 is 0. The molecule has 4 heteroatoms. The third-order valence-electron chi connectivity index (χ3n) is 2.42. The fourth-order valence-electron chi connectivity index (χ4n) is 1.35. The number of rotatable bonds is 4. The summed E-state index contributed by atoms with van der Waals surface area (Å²) in [5.74, 6) is -0.832. The molecule has 0 radical (unpaired) electrons. The van der Waals surface area contributed by atoms with E-state index in [1.165, 1.54) is 0 Å². The lowest BCUT2D eigenvalue weighted by Crippen LogP contribution is -2.28. The Hall–Kier alpha value is -1.42. The SMILES string of the molecule is CC(C)(CC(N)c1cccnc1)C(=O)O. The van der Waals surface area contributed by atoms with Crippen molar-refractivity contribution < 1.29 is 9.90 Å². The van der Waals surface area contributed by atoms with Crippen molar-refractivity contribution in [1.82, 2.24) is 4.98 Å². The van der Waals surface area contributed by atoms with Gasteiger partial charge in [0, 0.05) is 18.4 Å². The Kier molecular flexibility index (Phi) is 3.42. The molecule has 4 nitrogen and oxygen atoms in total. The van der Waals surface area contributed by atoms with Crippen molar-refractivity contribution in [1.29, 1.82) is 0 Å². The molecule has 1 aromatic heterocycles. The van der Waals surface area contributed by atoms with E-state index >= 15 is 0 Å². The fraction of sp³-hybridized carbons (Fsp3) is 0.455. The fourth-order valence-corrected chi connectivity index (χ4v) is 1.35. The first-order valence-electron chi connectivity index (χ1n) is 4.82. The maximum Gasteiger partial charge on any atom is 0.309 e. The molecule has 0 aliphatic carbocycles. The van der Waals surface area contributed by atoms with E-state index in [-0.39, 0.29) is 6.04 Å². The van der Waals surface area contributed by atoms with Crippen molar-refractivity contribution in [2.24, 2.45) is 11.1 Å². The van der Waals surface area contributed by atoms with Crippen LogP contribution in [0.3, 0.4) is 0 Å². The first-order chi connectivity index (χ1) is 6.93. The van der Waals surface area contributed by atoms with Crippen LogP contribution in [0.4, 0.5) is 0 Å². The summed E-state index contributed by atoms with van der Waals surface area (Å²) >= 11 is 0. The van der Waals surface area contributed by atoms with Crippen LogP contribution in [-0.4, -0.2) is 16.1 Å². The van der Waals surface area contributed by atoms with Gasteiger partial charge in [0.1, 0.15) is 0 Å². The van der Waals surface area contributed by atoms with Crippen LogP contribution in [0.1, 0.15) is 31.9 Å². The van der Waals surface area contributed by atoms with Crippen molar-refractivity contribution >= 4 is 5.97 Å². The topological polar surface area (TPSA) is 76.2 Å². The standard InChI is InChI=1S/C11H16N2O2/c1-11(2,10(14)15)6-9(12)8-4-3-5-13-7-8/h3-5,7,9H,6,12H2,1-2H3,(H,14,15). The molecule has 0 spiro atoms. The van der Waals surface area contributed by atoms with Gasteiger partial charge in [-0.2, -0.15) is 0 Å². The van der Waals surface area contributed by atoms with Gasteiger partial charge in [0.25, 0.3) is 0 Å². The minimum absolute atomic E-state index is 0.287. The predicted octanol–water partition coefficient (Wildman–Crippen LogP) is 1.58. The highest BCUT2D eigenvalue weighted by Crippen LogP contribution is 2.28. The average molecular weight is 208 g/mol. The van der Waals surface area contributed by atoms with E-state index in [0.717, 1.165) is 5.56 Å². The van der Waals surface area contributed by atoms with E-state index in [4.69, 9.17) is 10.8 Å². The van der Waals surface area contributed by atoms with Gasteiger partial charge in [-0.25, -0.2) is 0 Å². The Balaban J connectivity index is 2.72. The molecule has 0 amide bonds. The van der Waals surface area contributed by atoms with Gasteiger partial charge in [-0.1, -0.05) is 6.07 Å². The molecule has 1 atom stereocenters. The number of carboxylic acid groups (broad SMARTS) is 1. The summed E-state index contributed by atoms with van der Waals surface area (Å²) in [4.78, 5) is 14.9. The van der Waals surface area contributed by atoms with Gasteiger partial charge in [0.2, 0.25) is 0 Å². The maximum atomic E-state index is 10.9. The summed E-state index contributed by atoms with van der Waals surface area (Å²) in [7, 11) is 0. The van der Waals surface area contributed by atoms with E-state index < -0.39 is 11.4 Å². The Morgan fingerprint density at radius 2 is 2.33 bits per heavy atom. The first-order valence-corrected chi connectivity index (χ1v) is 4.82. The third kappa shape index (κ3) is 3.02. The Labute approximate surface area is 89.1 Å². The number of carbonyl (C=O) groups is 1. The van der Waals surface area contributed by atoms with Gasteiger partial charge >= 0.3 is 5.97 Å². The predicted molar refractivity (Wildman–Crippen MR) is 57.2 cm³/mol. The molecule has 1 rings (SSSR count). The molecule has 0 fully saturated rings. The number of nitrogens with zero attached hydrogens (tertiary/aromatic N) is 1. The Bertz CT molecular complexity index is 336. The number of hydrogen-bond acceptors (Lipinski definition) is 3. The Morgan fingerprint density at radius 1 is 1.67 bits per heavy atom. The molecular formula is C11H16N2O2. The van der Waals surface area contributed by atoms with Crippen molar-refractivity contribution in [3.05, 3.63) is 30.1 Å². The van der Waals surface area contributed by atoms with Gasteiger partial charge in [-0.3, -0.25) is 9.78 Å². The molecule has 0 saturated carbocycles. The van der Waals surface area contributed by atoms with E-state index in [1.807, 2.05) is 6.07 Å². The minimum atomic E-state index is -0.832. The van der Waals surface area contributed by atoms with Gasteiger partial charge in [0.15, 0.2) is 0 Å². The van der Waals surface area contributed by atoms with Crippen molar-refractivity contribution in [2.45, 2.75) is 26.3 Å². The van der Waals surface area contributed by atoms with E-state index in [0.29, 0.717) is 6.42 Å². The normalized spacial score (nSPS) is 13.5. The van der Waals surface area contributed by atoms with E-state index in [1.54, 1.807) is 32.3 Å². The van der Waals surface area contributed by atoms with Crippen LogP contribution in [0, 0.1) is 5.41 Å². The second kappa shape index (κ2) is 4.40. The van der Waals surface area contributed by atoms with Crippen molar-refractivity contribution in [2.75, 3.05) is 0 Å². The third-order valence-corrected chi connectivity index (χ3v) is 2.42. The second-order valence-corrected chi connectivity index (χ2v) is 4.29. The molecule has 3 N–H and O–H groups in total. The van der Waals surface area contributed by atoms with Gasteiger partial charge in [0.05, 0.1) is 5.41 Å². The van der Waals surface area contributed by atoms with Crippen LogP contribution >= 0.6 is 0 Å². The minimum Gasteiger partial charge on any atom is -0.481 e. The van der Waals surface area contributed by atoms with Crippen LogP contribution < -0.4 is 5.73 Å². The quantitative estimate of drug-likeness (QED) is 0.787. The highest BCUT2D eigenvalue weighted by molar-refractivity contribution is 5.73. The van der Waals surface area contributed by atoms with Crippen molar-refractivity contribution in [3.8, 4) is 0 Å². The molecule has 0 aliphatic heterocycles. The van der Waals surface area contributed by atoms with Crippen LogP contribution in [-0.2, 0) is 4.79 Å². The van der Waals surface area contributed by atoms with Crippen molar-refractivity contribution in [3.63, 3.8) is 0 Å². The maximum absolute atomic E-state index is 10.9. The number of nitrogens with two attached hydrogens (primary N) is 1. The monoisotopic (exact) mass is 208 g/mol. The lowest BCUT2D eigenvalue weighted by atomic mass is 9.84. The molecule has 0 aliphatic rings. The molecular weight excluding hydrogens is 192 g/mol. The molecule has 82 valence electrons. The first kappa shape index (κ1) is 11.7. The molecule has 1 heterocycles. The number of aliphatic carboxylic acids is 1. The van der Waals surface area contributed by atoms with Crippen LogP contribution in [0.25, 0.3) is 0 Å². The number of carboxylic acids is 1. The van der Waals surface area contributed by atoms with Gasteiger partial charge in [-0.05, 0) is 31.9 Å². The van der Waals surface area contributed by atoms with Crippen LogP contribution in [0.5, 0.6) is 0 Å². The van der Waals surface area contributed by atoms with Gasteiger partial charge in [-0.15, -0.1) is 0 Å². The zero-order chi connectivity index (χ0) is 11.5. The summed E-state index contributed by atoms with van der Waals surface area (Å²) in [5, 5.41) is 8.97. The number of pyridine rings is 1. The summed E-state index contributed by atoms with van der Waals surface area (Å²) in [5.41, 5.74) is 5.97. The summed E-state index contributed by atoms with van der Waals surface area (Å²) in [6.07, 6.45) is 3.73. The van der Waals surface area contributed by atoms with E-state index in [9.17, 15) is 4.79 Å². The number of aromatic nitrogens is 1. The van der Waals surface area contributed by atoms with Gasteiger partial charge < -0.3 is 10.8 Å². The zero-order valence-electron chi connectivity index (χ0n) is 8.97.